The Hall–Kier alpha value is -1.83. The van der Waals surface area contributed by atoms with Crippen molar-refractivity contribution in [3.8, 4) is 11.8 Å². The summed E-state index contributed by atoms with van der Waals surface area (Å²) in [6.45, 7) is 6.68. The Balaban J connectivity index is 2.72. The Kier molecular flexibility index (Phi) is 6.78. The Morgan fingerprint density at radius 1 is 1.50 bits per heavy atom. The first-order valence-corrected chi connectivity index (χ1v) is 6.67. The van der Waals surface area contributed by atoms with Gasteiger partial charge in [0.25, 0.3) is 5.91 Å². The first kappa shape index (κ1) is 16.2. The third kappa shape index (κ3) is 5.04. The summed E-state index contributed by atoms with van der Waals surface area (Å²) in [5.41, 5.74) is 2.33. The molecule has 0 spiro atoms. The second-order valence-electron chi connectivity index (χ2n) is 4.52. The normalized spacial score (nSPS) is 11.4. The summed E-state index contributed by atoms with van der Waals surface area (Å²) >= 11 is 0. The first-order valence-electron chi connectivity index (χ1n) is 6.67. The molecule has 0 aliphatic rings. The first-order chi connectivity index (χ1) is 9.58. The summed E-state index contributed by atoms with van der Waals surface area (Å²) < 4.78 is 5.26. The maximum Gasteiger partial charge on any atom is 0.251 e. The van der Waals surface area contributed by atoms with Crippen molar-refractivity contribution in [3.05, 3.63) is 34.9 Å². The number of aryl methyl sites for hydroxylation is 1. The fraction of sp³-hybridized carbons (Fsp3) is 0.438. The van der Waals surface area contributed by atoms with Crippen molar-refractivity contribution in [2.45, 2.75) is 26.8 Å². The van der Waals surface area contributed by atoms with E-state index in [0.717, 1.165) is 11.1 Å². The number of nitrogens with one attached hydrogen (secondary N) is 1. The van der Waals surface area contributed by atoms with E-state index in [0.29, 0.717) is 18.8 Å². The number of aliphatic hydroxyl groups excluding tert-OH is 1. The van der Waals surface area contributed by atoms with E-state index in [1.807, 2.05) is 20.8 Å². The number of benzene rings is 1. The third-order valence-corrected chi connectivity index (χ3v) is 2.74. The van der Waals surface area contributed by atoms with Gasteiger partial charge in [0, 0.05) is 23.8 Å². The Morgan fingerprint density at radius 2 is 2.25 bits per heavy atom. The summed E-state index contributed by atoms with van der Waals surface area (Å²) in [5, 5.41) is 11.6. The zero-order valence-corrected chi connectivity index (χ0v) is 12.2. The van der Waals surface area contributed by atoms with Gasteiger partial charge in [-0.3, -0.25) is 4.79 Å². The molecule has 4 nitrogen and oxygen atoms in total. The van der Waals surface area contributed by atoms with Gasteiger partial charge in [-0.2, -0.15) is 0 Å². The van der Waals surface area contributed by atoms with Gasteiger partial charge in [0.2, 0.25) is 0 Å². The lowest BCUT2D eigenvalue weighted by atomic mass is 10.0. The van der Waals surface area contributed by atoms with Crippen LogP contribution in [0.2, 0.25) is 0 Å². The molecular formula is C16H21NO3. The van der Waals surface area contributed by atoms with E-state index >= 15 is 0 Å². The molecule has 0 radical (unpaired) electrons. The number of aliphatic hydroxyl groups is 1. The van der Waals surface area contributed by atoms with Crippen LogP contribution in [0.1, 0.15) is 35.3 Å². The van der Waals surface area contributed by atoms with E-state index in [1.54, 1.807) is 18.2 Å². The van der Waals surface area contributed by atoms with E-state index in [9.17, 15) is 4.79 Å². The molecule has 0 bridgehead atoms. The quantitative estimate of drug-likeness (QED) is 0.801. The highest BCUT2D eigenvalue weighted by Crippen LogP contribution is 2.10. The van der Waals surface area contributed by atoms with Crippen LogP contribution < -0.4 is 5.32 Å². The SMILES string of the molecule is CCOCC(C)NC(=O)c1ccc(C#CCO)c(C)c1. The molecule has 0 heterocycles. The van der Waals surface area contributed by atoms with Gasteiger partial charge in [-0.1, -0.05) is 11.8 Å². The minimum Gasteiger partial charge on any atom is -0.384 e. The predicted octanol–water partition coefficient (Wildman–Crippen LogP) is 1.49. The van der Waals surface area contributed by atoms with Crippen LogP contribution in [0.25, 0.3) is 0 Å². The zero-order valence-electron chi connectivity index (χ0n) is 12.2. The van der Waals surface area contributed by atoms with Crippen LogP contribution >= 0.6 is 0 Å². The number of carbonyl (C=O) groups is 1. The molecule has 1 aromatic rings. The minimum atomic E-state index is -0.170. The molecule has 0 aromatic heterocycles. The van der Waals surface area contributed by atoms with Crippen LogP contribution in [0.3, 0.4) is 0 Å². The number of hydrogen-bond donors (Lipinski definition) is 2. The highest BCUT2D eigenvalue weighted by molar-refractivity contribution is 5.94. The number of hydrogen-bond acceptors (Lipinski definition) is 3. The largest absolute Gasteiger partial charge is 0.384 e. The second-order valence-corrected chi connectivity index (χ2v) is 4.52. The van der Waals surface area contributed by atoms with Crippen molar-refractivity contribution in [3.63, 3.8) is 0 Å². The van der Waals surface area contributed by atoms with Crippen LogP contribution in [-0.4, -0.2) is 36.9 Å². The van der Waals surface area contributed by atoms with Gasteiger partial charge in [-0.25, -0.2) is 0 Å². The van der Waals surface area contributed by atoms with Gasteiger partial charge < -0.3 is 15.2 Å². The van der Waals surface area contributed by atoms with Gasteiger partial charge in [0.05, 0.1) is 6.61 Å². The molecular weight excluding hydrogens is 254 g/mol. The predicted molar refractivity (Wildman–Crippen MR) is 78.6 cm³/mol. The molecule has 1 amide bonds. The maximum atomic E-state index is 12.1. The van der Waals surface area contributed by atoms with E-state index in [4.69, 9.17) is 9.84 Å². The van der Waals surface area contributed by atoms with Gasteiger partial charge in [0.15, 0.2) is 0 Å². The minimum absolute atomic E-state index is 0.0309. The molecule has 1 aromatic carbocycles. The molecule has 1 unspecified atom stereocenters. The molecule has 1 rings (SSSR count). The molecule has 1 atom stereocenters. The van der Waals surface area contributed by atoms with E-state index in [2.05, 4.69) is 17.2 Å². The standard InChI is InChI=1S/C16H21NO3/c1-4-20-11-13(3)17-16(19)15-8-7-14(6-5-9-18)12(2)10-15/h7-8,10,13,18H,4,9,11H2,1-3H3,(H,17,19). The van der Waals surface area contributed by atoms with E-state index in [-0.39, 0.29) is 18.6 Å². The van der Waals surface area contributed by atoms with Crippen LogP contribution in [0, 0.1) is 18.8 Å². The van der Waals surface area contributed by atoms with Crippen molar-refractivity contribution in [2.24, 2.45) is 0 Å². The fourth-order valence-corrected chi connectivity index (χ4v) is 1.72. The molecule has 108 valence electrons. The zero-order chi connectivity index (χ0) is 15.0. The summed E-state index contributed by atoms with van der Waals surface area (Å²) in [7, 11) is 0. The fourth-order valence-electron chi connectivity index (χ4n) is 1.72. The lowest BCUT2D eigenvalue weighted by Crippen LogP contribution is -2.35. The van der Waals surface area contributed by atoms with Gasteiger partial charge in [0.1, 0.15) is 6.61 Å². The van der Waals surface area contributed by atoms with Gasteiger partial charge in [-0.15, -0.1) is 0 Å². The molecule has 20 heavy (non-hydrogen) atoms. The smallest absolute Gasteiger partial charge is 0.251 e. The Bertz CT molecular complexity index is 514. The summed E-state index contributed by atoms with van der Waals surface area (Å²) in [6, 6.07) is 5.29. The molecule has 4 heteroatoms. The molecule has 0 aliphatic carbocycles. The van der Waals surface area contributed by atoms with Crippen LogP contribution in [0.15, 0.2) is 18.2 Å². The van der Waals surface area contributed by atoms with Crippen molar-refractivity contribution in [2.75, 3.05) is 19.8 Å². The number of carbonyl (C=O) groups excluding carboxylic acids is 1. The molecule has 0 fully saturated rings. The Morgan fingerprint density at radius 3 is 2.85 bits per heavy atom. The lowest BCUT2D eigenvalue weighted by molar-refractivity contribution is 0.0872. The topological polar surface area (TPSA) is 58.6 Å². The number of rotatable bonds is 5. The lowest BCUT2D eigenvalue weighted by Gasteiger charge is -2.14. The average Bonchev–Trinajstić information content (AvgIpc) is 2.43. The van der Waals surface area contributed by atoms with Crippen LogP contribution in [0.4, 0.5) is 0 Å². The maximum absolute atomic E-state index is 12.1. The Labute approximate surface area is 120 Å². The van der Waals surface area contributed by atoms with Crippen molar-refractivity contribution in [1.82, 2.24) is 5.32 Å². The van der Waals surface area contributed by atoms with E-state index < -0.39 is 0 Å². The van der Waals surface area contributed by atoms with Crippen LogP contribution in [0.5, 0.6) is 0 Å². The average molecular weight is 275 g/mol. The second kappa shape index (κ2) is 8.36. The highest BCUT2D eigenvalue weighted by Gasteiger charge is 2.10. The van der Waals surface area contributed by atoms with Crippen molar-refractivity contribution in [1.29, 1.82) is 0 Å². The third-order valence-electron chi connectivity index (χ3n) is 2.74. The number of ether oxygens (including phenoxy) is 1. The summed E-state index contributed by atoms with van der Waals surface area (Å²) in [6.07, 6.45) is 0. The van der Waals surface area contributed by atoms with Crippen molar-refractivity contribution < 1.29 is 14.6 Å². The van der Waals surface area contributed by atoms with Crippen LogP contribution in [-0.2, 0) is 4.74 Å². The monoisotopic (exact) mass is 275 g/mol. The summed E-state index contributed by atoms with van der Waals surface area (Å²) in [4.78, 5) is 12.1. The number of amides is 1. The summed E-state index contributed by atoms with van der Waals surface area (Å²) in [5.74, 6) is 5.32. The molecule has 0 saturated heterocycles. The molecule has 2 N–H and O–H groups in total. The molecule has 0 saturated carbocycles. The highest BCUT2D eigenvalue weighted by atomic mass is 16.5. The van der Waals surface area contributed by atoms with Gasteiger partial charge in [-0.05, 0) is 44.5 Å². The van der Waals surface area contributed by atoms with Crippen molar-refractivity contribution >= 4 is 5.91 Å². The molecule has 0 aliphatic heterocycles. The van der Waals surface area contributed by atoms with Gasteiger partial charge >= 0.3 is 0 Å². The van der Waals surface area contributed by atoms with E-state index in [1.165, 1.54) is 0 Å².